The average molecular weight is 750 g/mol. The molecule has 1 radical (unpaired) electrons. The number of nitrogens with zero attached hydrogens (tertiary/aromatic N) is 3. The summed E-state index contributed by atoms with van der Waals surface area (Å²) in [5.74, 6) is 0.594. The van der Waals surface area contributed by atoms with Gasteiger partial charge in [0.15, 0.2) is 0 Å². The van der Waals surface area contributed by atoms with E-state index in [0.717, 1.165) is 35.5 Å². The summed E-state index contributed by atoms with van der Waals surface area (Å²) in [5.41, 5.74) is 10.4. The number of benzene rings is 4. The van der Waals surface area contributed by atoms with Crippen molar-refractivity contribution in [2.24, 2.45) is 5.92 Å². The van der Waals surface area contributed by atoms with Gasteiger partial charge in [0.2, 0.25) is 0 Å². The summed E-state index contributed by atoms with van der Waals surface area (Å²) in [6, 6.07) is 46.2. The fourth-order valence-corrected chi connectivity index (χ4v) is 5.58. The first-order valence-corrected chi connectivity index (χ1v) is 15.0. The summed E-state index contributed by atoms with van der Waals surface area (Å²) < 4.78 is 2.43. The van der Waals surface area contributed by atoms with Gasteiger partial charge in [0, 0.05) is 50.1 Å². The summed E-state index contributed by atoms with van der Waals surface area (Å²) in [4.78, 5) is 9.06. The molecular formula is C40H35IrN3-2. The molecule has 3 aromatic heterocycles. The quantitative estimate of drug-likeness (QED) is 0.159. The van der Waals surface area contributed by atoms with Crippen LogP contribution in [0.5, 0.6) is 0 Å². The van der Waals surface area contributed by atoms with Crippen molar-refractivity contribution in [2.45, 2.75) is 33.7 Å². The standard InChI is InChI=1S/C21H19N2.C19H16N.Ir/c1-15(2)14-23-20-9-4-3-7-17(20)18-11-10-16(13-21(18)23)19-8-5-6-12-22-19;1-2-15-13-19(17-11-7-4-8-12-17)20-14-18(15)16-9-5-3-6-10-16;/h3-9,11-13,15H,14H2,1-2H3;3-11,13-14H,2H2,1H3;/q2*-1;. The number of hydrogen-bond acceptors (Lipinski definition) is 2. The van der Waals surface area contributed by atoms with Crippen LogP contribution in [0, 0.1) is 18.1 Å². The molecule has 0 amide bonds. The summed E-state index contributed by atoms with van der Waals surface area (Å²) in [6.07, 6.45) is 4.80. The fourth-order valence-electron chi connectivity index (χ4n) is 5.58. The first kappa shape index (κ1) is 31.1. The second kappa shape index (κ2) is 14.4. The van der Waals surface area contributed by atoms with Crippen LogP contribution in [0.2, 0.25) is 0 Å². The predicted octanol–water partition coefficient (Wildman–Crippen LogP) is 10.1. The van der Waals surface area contributed by atoms with Crippen LogP contribution in [0.25, 0.3) is 55.4 Å². The molecule has 0 aliphatic carbocycles. The number of hydrogen-bond donors (Lipinski definition) is 0. The van der Waals surface area contributed by atoms with E-state index in [1.807, 2.05) is 60.9 Å². The van der Waals surface area contributed by atoms with Crippen LogP contribution >= 0.6 is 0 Å². The molecule has 3 nitrogen and oxygen atoms in total. The van der Waals surface area contributed by atoms with E-state index in [-0.39, 0.29) is 20.1 Å². The van der Waals surface area contributed by atoms with Crippen molar-refractivity contribution in [3.8, 4) is 33.6 Å². The van der Waals surface area contributed by atoms with Crippen molar-refractivity contribution >= 4 is 21.8 Å². The van der Waals surface area contributed by atoms with Gasteiger partial charge in [-0.1, -0.05) is 92.9 Å². The van der Waals surface area contributed by atoms with Gasteiger partial charge in [0.05, 0.1) is 0 Å². The first-order chi connectivity index (χ1) is 21.1. The van der Waals surface area contributed by atoms with Crippen molar-refractivity contribution in [1.29, 1.82) is 0 Å². The van der Waals surface area contributed by atoms with Crippen LogP contribution in [-0.4, -0.2) is 14.5 Å². The Labute approximate surface area is 274 Å². The Bertz CT molecular complexity index is 1950. The molecule has 0 aliphatic heterocycles. The first-order valence-electron chi connectivity index (χ1n) is 15.0. The number of fused-ring (bicyclic) bond motifs is 3. The van der Waals surface area contributed by atoms with Gasteiger partial charge >= 0.3 is 0 Å². The zero-order valence-corrected chi connectivity index (χ0v) is 27.7. The molecule has 7 aromatic rings. The molecule has 44 heavy (non-hydrogen) atoms. The van der Waals surface area contributed by atoms with Crippen molar-refractivity contribution in [3.63, 3.8) is 0 Å². The largest absolute Gasteiger partial charge is 0.358 e. The van der Waals surface area contributed by atoms with E-state index in [1.54, 1.807) is 0 Å². The Morgan fingerprint density at radius 2 is 1.48 bits per heavy atom. The molecule has 0 unspecified atom stereocenters. The number of aromatic nitrogens is 3. The van der Waals surface area contributed by atoms with Gasteiger partial charge in [0.1, 0.15) is 0 Å². The summed E-state index contributed by atoms with van der Waals surface area (Å²) in [7, 11) is 0. The number of pyridine rings is 2. The van der Waals surface area contributed by atoms with Gasteiger partial charge in [0.25, 0.3) is 0 Å². The molecule has 4 aromatic carbocycles. The van der Waals surface area contributed by atoms with Crippen LogP contribution in [0.15, 0.2) is 128 Å². The predicted molar refractivity (Wildman–Crippen MR) is 180 cm³/mol. The minimum atomic E-state index is 0. The molecule has 0 fully saturated rings. The van der Waals surface area contributed by atoms with E-state index < -0.39 is 0 Å². The summed E-state index contributed by atoms with van der Waals surface area (Å²) in [5, 5.41) is 2.56. The van der Waals surface area contributed by atoms with E-state index in [1.165, 1.54) is 38.5 Å². The molecule has 0 saturated heterocycles. The van der Waals surface area contributed by atoms with Gasteiger partial charge in [-0.05, 0) is 57.9 Å². The second-order valence-corrected chi connectivity index (χ2v) is 11.1. The third-order valence-electron chi connectivity index (χ3n) is 7.63. The molecule has 221 valence electrons. The normalized spacial score (nSPS) is 10.8. The SMILES string of the molecule is CC(C)Cn1c2ccccc2c2c[c-]c(-c3ccccn3)cc21.CCc1cc(-c2[c-]cccc2)ncc1-c1ccccc1.[Ir]. The Hall–Kier alpha value is -4.37. The van der Waals surface area contributed by atoms with Gasteiger partial charge in [-0.2, -0.15) is 0 Å². The molecule has 3 heterocycles. The monoisotopic (exact) mass is 750 g/mol. The number of rotatable bonds is 6. The molecule has 0 saturated carbocycles. The van der Waals surface area contributed by atoms with Crippen LogP contribution in [-0.2, 0) is 33.1 Å². The minimum Gasteiger partial charge on any atom is -0.358 e. The van der Waals surface area contributed by atoms with E-state index >= 15 is 0 Å². The van der Waals surface area contributed by atoms with Gasteiger partial charge in [-0.25, -0.2) is 0 Å². The summed E-state index contributed by atoms with van der Waals surface area (Å²) >= 11 is 0. The van der Waals surface area contributed by atoms with Crippen LogP contribution < -0.4 is 0 Å². The number of para-hydroxylation sites is 1. The smallest absolute Gasteiger partial charge is 0.0383 e. The topological polar surface area (TPSA) is 30.7 Å². The van der Waals surface area contributed by atoms with Gasteiger partial charge < -0.3 is 14.5 Å². The molecule has 0 spiro atoms. The third-order valence-corrected chi connectivity index (χ3v) is 7.63. The average Bonchev–Trinajstić information content (AvgIpc) is 3.38. The molecule has 7 rings (SSSR count). The van der Waals surface area contributed by atoms with E-state index in [9.17, 15) is 0 Å². The zero-order valence-electron chi connectivity index (χ0n) is 25.3. The van der Waals surface area contributed by atoms with Gasteiger partial charge in [-0.3, -0.25) is 0 Å². The Morgan fingerprint density at radius 3 is 2.20 bits per heavy atom. The third kappa shape index (κ3) is 6.73. The second-order valence-electron chi connectivity index (χ2n) is 11.1. The maximum atomic E-state index is 4.60. The zero-order chi connectivity index (χ0) is 29.6. The van der Waals surface area contributed by atoms with Crippen molar-refractivity contribution in [3.05, 3.63) is 145 Å². The fraction of sp³-hybridized carbons (Fsp3) is 0.150. The molecule has 4 heteroatoms. The molecule has 0 bridgehead atoms. The van der Waals surface area contributed by atoms with E-state index in [4.69, 9.17) is 0 Å². The number of aryl methyl sites for hydroxylation is 1. The molecular weight excluding hydrogens is 715 g/mol. The minimum absolute atomic E-state index is 0. The maximum absolute atomic E-state index is 4.60. The van der Waals surface area contributed by atoms with Gasteiger partial charge in [-0.15, -0.1) is 59.7 Å². The van der Waals surface area contributed by atoms with E-state index in [0.29, 0.717) is 5.92 Å². The molecule has 0 N–H and O–H groups in total. The van der Waals surface area contributed by atoms with Crippen molar-refractivity contribution in [1.82, 2.24) is 14.5 Å². The van der Waals surface area contributed by atoms with Crippen LogP contribution in [0.4, 0.5) is 0 Å². The Kier molecular flexibility index (Phi) is 10.2. The van der Waals surface area contributed by atoms with Crippen molar-refractivity contribution < 1.29 is 20.1 Å². The molecule has 0 aliphatic rings. The van der Waals surface area contributed by atoms with E-state index in [2.05, 4.69) is 114 Å². The molecule has 0 atom stereocenters. The maximum Gasteiger partial charge on any atom is 0.0383 e. The van der Waals surface area contributed by atoms with Crippen LogP contribution in [0.1, 0.15) is 26.3 Å². The Morgan fingerprint density at radius 1 is 0.705 bits per heavy atom. The Balaban J connectivity index is 0.000000172. The summed E-state index contributed by atoms with van der Waals surface area (Å²) in [6.45, 7) is 7.71. The van der Waals surface area contributed by atoms with Crippen LogP contribution in [0.3, 0.4) is 0 Å². The van der Waals surface area contributed by atoms with Crippen molar-refractivity contribution in [2.75, 3.05) is 0 Å².